The molecular weight excluding hydrogens is 376 g/mol. The lowest BCUT2D eigenvalue weighted by molar-refractivity contribution is -0.122. The van der Waals surface area contributed by atoms with Crippen LogP contribution in [0.1, 0.15) is 11.1 Å². The van der Waals surface area contributed by atoms with E-state index in [2.05, 4.69) is 5.32 Å². The zero-order chi connectivity index (χ0) is 19.1. The molecule has 6 nitrogen and oxygen atoms in total. The molecule has 0 bridgehead atoms. The number of carbonyl (C=O) groups excluding carboxylic acids is 1. The van der Waals surface area contributed by atoms with Gasteiger partial charge < -0.3 is 10.1 Å². The first kappa shape index (κ1) is 18.5. The predicted molar refractivity (Wildman–Crippen MR) is 103 cm³/mol. The van der Waals surface area contributed by atoms with Gasteiger partial charge in [0, 0.05) is 10.7 Å². The van der Waals surface area contributed by atoms with Gasteiger partial charge >= 0.3 is 0 Å². The van der Waals surface area contributed by atoms with Crippen molar-refractivity contribution >= 4 is 38.9 Å². The van der Waals surface area contributed by atoms with Crippen LogP contribution in [0.2, 0.25) is 5.02 Å². The van der Waals surface area contributed by atoms with Gasteiger partial charge in [-0.3, -0.25) is 9.10 Å². The van der Waals surface area contributed by atoms with Crippen molar-refractivity contribution in [2.24, 2.45) is 0 Å². The molecule has 3 rings (SSSR count). The monoisotopic (exact) mass is 394 g/mol. The minimum Gasteiger partial charge on any atom is -0.476 e. The number of fused-ring (bicyclic) bond motifs is 1. The maximum atomic E-state index is 12.6. The van der Waals surface area contributed by atoms with Gasteiger partial charge in [0.1, 0.15) is 5.75 Å². The van der Waals surface area contributed by atoms with E-state index in [1.807, 2.05) is 26.0 Å². The maximum absolute atomic E-state index is 12.6. The third kappa shape index (κ3) is 3.78. The van der Waals surface area contributed by atoms with Crippen molar-refractivity contribution in [1.82, 2.24) is 0 Å². The Bertz CT molecular complexity index is 975. The molecule has 0 spiro atoms. The number of aryl methyl sites for hydroxylation is 2. The molecular formula is C18H19ClN2O4S. The van der Waals surface area contributed by atoms with Gasteiger partial charge in [0.15, 0.2) is 6.10 Å². The zero-order valence-electron chi connectivity index (χ0n) is 14.6. The van der Waals surface area contributed by atoms with E-state index in [1.165, 1.54) is 6.07 Å². The Morgan fingerprint density at radius 2 is 1.92 bits per heavy atom. The lowest BCUT2D eigenvalue weighted by Gasteiger charge is -2.34. The predicted octanol–water partition coefficient (Wildman–Crippen LogP) is 3.12. The van der Waals surface area contributed by atoms with Crippen molar-refractivity contribution in [2.75, 3.05) is 22.4 Å². The van der Waals surface area contributed by atoms with Crippen LogP contribution < -0.4 is 14.4 Å². The van der Waals surface area contributed by atoms with Crippen LogP contribution in [0.5, 0.6) is 5.75 Å². The summed E-state index contributed by atoms with van der Waals surface area (Å²) in [5.74, 6) is -0.117. The highest BCUT2D eigenvalue weighted by Gasteiger charge is 2.35. The second-order valence-corrected chi connectivity index (χ2v) is 8.64. The number of ether oxygens (including phenoxy) is 1. The number of hydrogen-bond donors (Lipinski definition) is 1. The fourth-order valence-corrected chi connectivity index (χ4v) is 3.79. The Hall–Kier alpha value is -2.25. The van der Waals surface area contributed by atoms with Crippen LogP contribution in [0.3, 0.4) is 0 Å². The van der Waals surface area contributed by atoms with E-state index in [9.17, 15) is 13.2 Å². The first-order valence-electron chi connectivity index (χ1n) is 7.97. The molecule has 1 aliphatic heterocycles. The Morgan fingerprint density at radius 1 is 1.19 bits per heavy atom. The van der Waals surface area contributed by atoms with Crippen LogP contribution in [0, 0.1) is 13.8 Å². The molecule has 0 saturated carbocycles. The van der Waals surface area contributed by atoms with Crippen molar-refractivity contribution in [3.63, 3.8) is 0 Å². The van der Waals surface area contributed by atoms with Crippen LogP contribution >= 0.6 is 11.6 Å². The van der Waals surface area contributed by atoms with Crippen LogP contribution in [-0.2, 0) is 14.8 Å². The van der Waals surface area contributed by atoms with E-state index in [4.69, 9.17) is 16.3 Å². The van der Waals surface area contributed by atoms with Crippen LogP contribution in [0.15, 0.2) is 36.4 Å². The molecule has 1 N–H and O–H groups in total. The number of nitrogens with one attached hydrogen (secondary N) is 1. The van der Waals surface area contributed by atoms with Crippen LogP contribution in [-0.4, -0.2) is 33.2 Å². The molecule has 138 valence electrons. The third-order valence-corrected chi connectivity index (χ3v) is 5.64. The first-order valence-corrected chi connectivity index (χ1v) is 10.2. The first-order chi connectivity index (χ1) is 12.1. The number of anilines is 2. The largest absolute Gasteiger partial charge is 0.476 e. The molecule has 2 aromatic rings. The van der Waals surface area contributed by atoms with E-state index < -0.39 is 22.0 Å². The summed E-state index contributed by atoms with van der Waals surface area (Å²) in [5.41, 5.74) is 3.13. The molecule has 26 heavy (non-hydrogen) atoms. The van der Waals surface area contributed by atoms with E-state index >= 15 is 0 Å². The highest BCUT2D eigenvalue weighted by Crippen LogP contribution is 2.37. The summed E-state index contributed by atoms with van der Waals surface area (Å²) in [6.07, 6.45) is 0.112. The summed E-state index contributed by atoms with van der Waals surface area (Å²) in [7, 11) is -3.59. The number of hydrogen-bond acceptors (Lipinski definition) is 4. The highest BCUT2D eigenvalue weighted by atomic mass is 35.5. The number of halogens is 1. The molecule has 8 heteroatoms. The summed E-state index contributed by atoms with van der Waals surface area (Å²) in [4.78, 5) is 12.6. The maximum Gasteiger partial charge on any atom is 0.267 e. The van der Waals surface area contributed by atoms with E-state index in [-0.39, 0.29) is 6.54 Å². The van der Waals surface area contributed by atoms with Gasteiger partial charge in [0.05, 0.1) is 18.5 Å². The summed E-state index contributed by atoms with van der Waals surface area (Å²) in [6.45, 7) is 3.81. The molecule has 1 atom stereocenters. The molecule has 0 radical (unpaired) electrons. The summed E-state index contributed by atoms with van der Waals surface area (Å²) in [6, 6.07) is 10.2. The lowest BCUT2D eigenvalue weighted by Crippen LogP contribution is -2.48. The standard InChI is InChI=1S/C18H19ClN2O4S/c1-11-4-6-14(8-12(11)2)20-18(22)17-10-21(26(3,23)24)15-9-13(19)5-7-16(15)25-17/h4-9,17H,10H2,1-3H3,(H,20,22). The number of nitrogens with zero attached hydrogens (tertiary/aromatic N) is 1. The topological polar surface area (TPSA) is 75.7 Å². The summed E-state index contributed by atoms with van der Waals surface area (Å²) < 4.78 is 31.2. The van der Waals surface area contributed by atoms with Crippen molar-refractivity contribution in [3.05, 3.63) is 52.5 Å². The molecule has 0 fully saturated rings. The Kier molecular flexibility index (Phi) is 4.86. The van der Waals surface area contributed by atoms with Gasteiger partial charge in [-0.2, -0.15) is 0 Å². The summed E-state index contributed by atoms with van der Waals surface area (Å²) in [5, 5.41) is 3.17. The average Bonchev–Trinajstić information content (AvgIpc) is 2.56. The SMILES string of the molecule is Cc1ccc(NC(=O)C2CN(S(C)(=O)=O)c3cc(Cl)ccc3O2)cc1C. The van der Waals surface area contributed by atoms with Gasteiger partial charge in [0.25, 0.3) is 5.91 Å². The van der Waals surface area contributed by atoms with Crippen molar-refractivity contribution in [2.45, 2.75) is 20.0 Å². The minimum absolute atomic E-state index is 0.122. The van der Waals surface area contributed by atoms with Crippen LogP contribution in [0.25, 0.3) is 0 Å². The highest BCUT2D eigenvalue weighted by molar-refractivity contribution is 7.92. The molecule has 0 aliphatic carbocycles. The number of sulfonamides is 1. The zero-order valence-corrected chi connectivity index (χ0v) is 16.2. The molecule has 0 aromatic heterocycles. The Labute approximate surface area is 157 Å². The van der Waals surface area contributed by atoms with Crippen molar-refractivity contribution in [1.29, 1.82) is 0 Å². The van der Waals surface area contributed by atoms with Gasteiger partial charge in [-0.25, -0.2) is 8.42 Å². The van der Waals surface area contributed by atoms with Crippen molar-refractivity contribution in [3.8, 4) is 5.75 Å². The van der Waals surface area contributed by atoms with Gasteiger partial charge in [-0.1, -0.05) is 17.7 Å². The normalized spacial score (nSPS) is 16.6. The molecule has 2 aromatic carbocycles. The lowest BCUT2D eigenvalue weighted by atomic mass is 10.1. The number of benzene rings is 2. The average molecular weight is 395 g/mol. The Balaban J connectivity index is 1.88. The smallest absolute Gasteiger partial charge is 0.267 e. The number of carbonyl (C=O) groups is 1. The quantitative estimate of drug-likeness (QED) is 0.867. The molecule has 1 unspecified atom stereocenters. The van der Waals surface area contributed by atoms with E-state index in [0.717, 1.165) is 21.7 Å². The number of rotatable bonds is 3. The van der Waals surface area contributed by atoms with Crippen molar-refractivity contribution < 1.29 is 17.9 Å². The molecule has 0 saturated heterocycles. The summed E-state index contributed by atoms with van der Waals surface area (Å²) >= 11 is 5.97. The van der Waals surface area contributed by atoms with E-state index in [0.29, 0.717) is 22.1 Å². The van der Waals surface area contributed by atoms with Crippen LogP contribution in [0.4, 0.5) is 11.4 Å². The van der Waals surface area contributed by atoms with E-state index in [1.54, 1.807) is 18.2 Å². The second kappa shape index (κ2) is 6.81. The van der Waals surface area contributed by atoms with Gasteiger partial charge in [-0.15, -0.1) is 0 Å². The van der Waals surface area contributed by atoms with Gasteiger partial charge in [-0.05, 0) is 55.3 Å². The number of amides is 1. The molecule has 1 heterocycles. The molecule has 1 amide bonds. The minimum atomic E-state index is -3.59. The second-order valence-electron chi connectivity index (χ2n) is 6.30. The van der Waals surface area contributed by atoms with Gasteiger partial charge in [0.2, 0.25) is 10.0 Å². The third-order valence-electron chi connectivity index (χ3n) is 4.26. The fraction of sp³-hybridized carbons (Fsp3) is 0.278. The Morgan fingerprint density at radius 3 is 2.58 bits per heavy atom. The molecule has 1 aliphatic rings. The fourth-order valence-electron chi connectivity index (χ4n) is 2.72.